The third-order valence-corrected chi connectivity index (χ3v) is 15.5. The van der Waals surface area contributed by atoms with Crippen LogP contribution in [0.2, 0.25) is 0 Å². The standard InChI is InChI=1S/C72H71N4O.Pt/c1-44(2)58-38-49(47-31-32-57-56-27-20-21-29-63(56)75(65(57)41-47)54-25-18-15-19-26-54)39-59(45(3)4)67(58)76-64-30-22-28-55(66(64)74-69(76)60-42-53(71(8,9)10)43-61(68(60)77)72(11,12)13)50-35-51(37-52(36-50)70(5,6)7)62-40-48(33-34-73-62)46-23-16-14-17-24-46;/h14-34,36-45,77H,1-13H3;/q-1;. The van der Waals surface area contributed by atoms with Crippen LogP contribution in [0.25, 0.3) is 100 Å². The van der Waals surface area contributed by atoms with Crippen LogP contribution in [-0.4, -0.2) is 24.2 Å². The largest absolute Gasteiger partial charge is 0.507 e. The maximum absolute atomic E-state index is 12.9. The van der Waals surface area contributed by atoms with Gasteiger partial charge < -0.3 is 9.67 Å². The molecule has 0 spiro atoms. The van der Waals surface area contributed by atoms with Crippen molar-refractivity contribution in [2.45, 2.75) is 118 Å². The molecule has 6 heteroatoms. The van der Waals surface area contributed by atoms with Crippen molar-refractivity contribution in [3.63, 3.8) is 0 Å². The third-order valence-electron chi connectivity index (χ3n) is 15.5. The number of imidazole rings is 1. The van der Waals surface area contributed by atoms with Gasteiger partial charge in [-0.2, -0.15) is 0 Å². The van der Waals surface area contributed by atoms with Crippen molar-refractivity contribution in [1.29, 1.82) is 0 Å². The predicted octanol–water partition coefficient (Wildman–Crippen LogP) is 19.5. The maximum atomic E-state index is 12.9. The van der Waals surface area contributed by atoms with Crippen molar-refractivity contribution >= 4 is 32.8 Å². The zero-order valence-corrected chi connectivity index (χ0v) is 49.7. The fourth-order valence-corrected chi connectivity index (χ4v) is 11.2. The summed E-state index contributed by atoms with van der Waals surface area (Å²) >= 11 is 0. The number of phenolic OH excluding ortho intramolecular Hbond substituents is 1. The van der Waals surface area contributed by atoms with E-state index in [1.165, 1.54) is 44.1 Å². The number of nitrogens with zero attached hydrogens (tertiary/aromatic N) is 4. The van der Waals surface area contributed by atoms with Crippen LogP contribution < -0.4 is 0 Å². The van der Waals surface area contributed by atoms with Gasteiger partial charge >= 0.3 is 0 Å². The Morgan fingerprint density at radius 1 is 0.474 bits per heavy atom. The summed E-state index contributed by atoms with van der Waals surface area (Å²) in [6.45, 7) is 29.3. The molecule has 1 N–H and O–H groups in total. The first kappa shape index (κ1) is 54.0. The fourth-order valence-electron chi connectivity index (χ4n) is 11.2. The average Bonchev–Trinajstić information content (AvgIpc) is 4.00. The minimum Gasteiger partial charge on any atom is -0.507 e. The summed E-state index contributed by atoms with van der Waals surface area (Å²) in [6.07, 6.45) is 1.90. The van der Waals surface area contributed by atoms with Crippen LogP contribution in [0.1, 0.15) is 130 Å². The number of phenols is 1. The summed E-state index contributed by atoms with van der Waals surface area (Å²) in [6, 6.07) is 65.4. The number of aromatic nitrogens is 4. The molecule has 0 bridgehead atoms. The average molecular weight is 1200 g/mol. The number of hydrogen-bond donors (Lipinski definition) is 1. The van der Waals surface area contributed by atoms with E-state index in [4.69, 9.17) is 9.97 Å². The fraction of sp³-hybridized carbons (Fsp3) is 0.250. The zero-order valence-electron chi connectivity index (χ0n) is 47.5. The molecule has 0 fully saturated rings. The topological polar surface area (TPSA) is 55.9 Å². The number of rotatable bonds is 9. The van der Waals surface area contributed by atoms with E-state index in [0.717, 1.165) is 72.6 Å². The van der Waals surface area contributed by atoms with Gasteiger partial charge in [0.1, 0.15) is 11.6 Å². The van der Waals surface area contributed by atoms with Gasteiger partial charge in [-0.15, -0.1) is 29.3 Å². The van der Waals surface area contributed by atoms with Crippen molar-refractivity contribution in [2.24, 2.45) is 0 Å². The van der Waals surface area contributed by atoms with Gasteiger partial charge in [-0.25, -0.2) is 4.98 Å². The van der Waals surface area contributed by atoms with E-state index in [-0.39, 0.29) is 54.9 Å². The normalized spacial score (nSPS) is 12.3. The summed E-state index contributed by atoms with van der Waals surface area (Å²) in [5.74, 6) is 1.20. The Kier molecular flexibility index (Phi) is 14.2. The molecule has 396 valence electrons. The van der Waals surface area contributed by atoms with Gasteiger partial charge in [0.05, 0.1) is 33.3 Å². The van der Waals surface area contributed by atoms with E-state index >= 15 is 0 Å². The number of para-hydroxylation sites is 3. The van der Waals surface area contributed by atoms with Gasteiger partial charge in [0.2, 0.25) is 0 Å². The monoisotopic (exact) mass is 1200 g/mol. The van der Waals surface area contributed by atoms with Gasteiger partial charge in [-0.05, 0) is 122 Å². The Morgan fingerprint density at radius 2 is 1.06 bits per heavy atom. The number of pyridine rings is 1. The van der Waals surface area contributed by atoms with E-state index in [2.05, 4.69) is 269 Å². The summed E-state index contributed by atoms with van der Waals surface area (Å²) in [4.78, 5) is 10.8. The van der Waals surface area contributed by atoms with Gasteiger partial charge in [-0.1, -0.05) is 204 Å². The van der Waals surface area contributed by atoms with Crippen LogP contribution in [0.4, 0.5) is 0 Å². The molecular weight excluding hydrogens is 1130 g/mol. The van der Waals surface area contributed by atoms with Crippen molar-refractivity contribution in [1.82, 2.24) is 19.1 Å². The molecule has 0 radical (unpaired) electrons. The molecule has 11 aromatic rings. The van der Waals surface area contributed by atoms with Gasteiger partial charge in [0, 0.05) is 55.0 Å². The van der Waals surface area contributed by atoms with Crippen molar-refractivity contribution in [3.8, 4) is 73.2 Å². The molecule has 0 unspecified atom stereocenters. The van der Waals surface area contributed by atoms with E-state index in [1.54, 1.807) is 0 Å². The van der Waals surface area contributed by atoms with Crippen LogP contribution in [0.3, 0.4) is 0 Å². The van der Waals surface area contributed by atoms with Crippen LogP contribution in [0.15, 0.2) is 176 Å². The van der Waals surface area contributed by atoms with E-state index < -0.39 is 0 Å². The van der Waals surface area contributed by atoms with Gasteiger partial charge in [0.15, 0.2) is 0 Å². The Labute approximate surface area is 476 Å². The van der Waals surface area contributed by atoms with Gasteiger partial charge in [0.25, 0.3) is 0 Å². The molecule has 5 nitrogen and oxygen atoms in total. The Bertz CT molecular complexity index is 4020. The molecule has 0 saturated carbocycles. The second kappa shape index (κ2) is 20.5. The smallest absolute Gasteiger partial charge is 0.148 e. The minimum absolute atomic E-state index is 0. The quantitative estimate of drug-likeness (QED) is 0.147. The molecule has 8 aromatic carbocycles. The van der Waals surface area contributed by atoms with E-state index in [9.17, 15) is 5.11 Å². The Morgan fingerprint density at radius 3 is 1.72 bits per heavy atom. The molecule has 0 aliphatic heterocycles. The first-order chi connectivity index (χ1) is 36.7. The van der Waals surface area contributed by atoms with Crippen molar-refractivity contribution in [2.75, 3.05) is 0 Å². The van der Waals surface area contributed by atoms with Crippen LogP contribution >= 0.6 is 0 Å². The maximum Gasteiger partial charge on any atom is 0.148 e. The first-order valence-corrected chi connectivity index (χ1v) is 27.4. The second-order valence-corrected chi connectivity index (χ2v) is 24.8. The second-order valence-electron chi connectivity index (χ2n) is 24.8. The molecule has 0 aliphatic carbocycles. The van der Waals surface area contributed by atoms with Crippen LogP contribution in [0, 0.1) is 6.07 Å². The molecule has 0 aliphatic rings. The molecule has 11 rings (SSSR count). The SMILES string of the molecule is CC(C)c1cc(-c2ccc3c4ccccc4n(-c4ccccc4)c3c2)cc(C(C)C)c1-n1c(-c2cc(C(C)(C)C)cc(C(C)(C)C)c2O)nc2c(-c3[c-]c(-c4cc(-c5ccccc5)ccn4)cc(C(C)(C)C)c3)cccc21.[Pt]. The minimum atomic E-state index is -0.353. The number of hydrogen-bond acceptors (Lipinski definition) is 3. The Hall–Kier alpha value is -7.33. The van der Waals surface area contributed by atoms with E-state index in [1.807, 2.05) is 12.3 Å². The molecule has 0 amide bonds. The molecule has 3 aromatic heterocycles. The summed E-state index contributed by atoms with van der Waals surface area (Å²) < 4.78 is 4.79. The summed E-state index contributed by atoms with van der Waals surface area (Å²) in [5, 5.41) is 15.3. The van der Waals surface area contributed by atoms with Gasteiger partial charge in [-0.3, -0.25) is 9.55 Å². The van der Waals surface area contributed by atoms with Crippen LogP contribution in [0.5, 0.6) is 5.75 Å². The Balaban J connectivity index is 0.00000688. The number of benzene rings is 8. The van der Waals surface area contributed by atoms with Crippen molar-refractivity contribution in [3.05, 3.63) is 210 Å². The zero-order chi connectivity index (χ0) is 54.3. The molecular formula is C72H71N4OPt-. The summed E-state index contributed by atoms with van der Waals surface area (Å²) in [7, 11) is 0. The van der Waals surface area contributed by atoms with Crippen LogP contribution in [-0.2, 0) is 37.3 Å². The number of aromatic hydroxyl groups is 1. The van der Waals surface area contributed by atoms with Crippen molar-refractivity contribution < 1.29 is 26.2 Å². The number of fused-ring (bicyclic) bond motifs is 4. The molecule has 0 saturated heterocycles. The molecule has 78 heavy (non-hydrogen) atoms. The molecule has 3 heterocycles. The summed E-state index contributed by atoms with van der Waals surface area (Å²) in [5.41, 5.74) is 20.2. The first-order valence-electron chi connectivity index (χ1n) is 27.4. The third kappa shape index (κ3) is 9.85. The molecule has 0 atom stereocenters. The predicted molar refractivity (Wildman–Crippen MR) is 325 cm³/mol. The van der Waals surface area contributed by atoms with E-state index in [0.29, 0.717) is 11.4 Å².